The van der Waals surface area contributed by atoms with Crippen LogP contribution in [0.5, 0.6) is 0 Å². The first kappa shape index (κ1) is 16.7. The molecule has 0 unspecified atom stereocenters. The van der Waals surface area contributed by atoms with E-state index in [1.807, 2.05) is 0 Å². The number of nitrogen functional groups attached to an aromatic ring is 1. The number of ether oxygens (including phenoxy) is 1. The minimum Gasteiger partial charge on any atom is -0.397 e. The second kappa shape index (κ2) is 7.41. The molecule has 1 aromatic rings. The van der Waals surface area contributed by atoms with Crippen molar-refractivity contribution in [1.29, 1.82) is 0 Å². The molecule has 0 heterocycles. The van der Waals surface area contributed by atoms with E-state index < -0.39 is 16.7 Å². The summed E-state index contributed by atoms with van der Waals surface area (Å²) < 4.78 is 4.84. The molecule has 21 heavy (non-hydrogen) atoms. The third-order valence-corrected chi connectivity index (χ3v) is 2.66. The Balaban J connectivity index is 2.69. The van der Waals surface area contributed by atoms with Crippen LogP contribution in [0.15, 0.2) is 12.1 Å². The lowest BCUT2D eigenvalue weighted by molar-refractivity contribution is -0.384. The number of anilines is 1. The first-order valence-electron chi connectivity index (χ1n) is 5.70. The van der Waals surface area contributed by atoms with Crippen LogP contribution in [0.3, 0.4) is 0 Å². The van der Waals surface area contributed by atoms with Crippen LogP contribution in [0.2, 0.25) is 5.02 Å². The Hall–Kier alpha value is -2.39. The Kier molecular flexibility index (Phi) is 5.88. The maximum atomic E-state index is 11.9. The summed E-state index contributed by atoms with van der Waals surface area (Å²) in [5.41, 5.74) is 9.97. The predicted octanol–water partition coefficient (Wildman–Crippen LogP) is 0.0621. The Morgan fingerprint density at radius 2 is 2.10 bits per heavy atom. The number of hydrogen-bond acceptors (Lipinski definition) is 6. The minimum atomic E-state index is -0.682. The number of primary amides is 1. The van der Waals surface area contributed by atoms with Gasteiger partial charge in [-0.15, -0.1) is 0 Å². The van der Waals surface area contributed by atoms with Gasteiger partial charge in [-0.1, -0.05) is 11.6 Å². The van der Waals surface area contributed by atoms with E-state index in [1.54, 1.807) is 0 Å². The lowest BCUT2D eigenvalue weighted by Crippen LogP contribution is -2.29. The summed E-state index contributed by atoms with van der Waals surface area (Å²) in [5.74, 6) is -1.27. The topological polar surface area (TPSA) is 151 Å². The van der Waals surface area contributed by atoms with Crippen molar-refractivity contribution >= 4 is 34.8 Å². The highest BCUT2D eigenvalue weighted by Gasteiger charge is 2.18. The lowest BCUT2D eigenvalue weighted by Gasteiger charge is -2.09. The maximum absolute atomic E-state index is 11.9. The number of amides is 2. The second-order valence-corrected chi connectivity index (χ2v) is 4.33. The van der Waals surface area contributed by atoms with Crippen molar-refractivity contribution in [3.63, 3.8) is 0 Å². The van der Waals surface area contributed by atoms with E-state index in [2.05, 4.69) is 5.32 Å². The van der Waals surface area contributed by atoms with Crippen LogP contribution in [-0.2, 0) is 9.53 Å². The summed E-state index contributed by atoms with van der Waals surface area (Å²) in [6.07, 6.45) is 0. The molecule has 0 spiro atoms. The fraction of sp³-hybridized carbons (Fsp3) is 0.273. The van der Waals surface area contributed by atoms with Gasteiger partial charge in [0.15, 0.2) is 0 Å². The quantitative estimate of drug-likeness (QED) is 0.280. The van der Waals surface area contributed by atoms with Crippen molar-refractivity contribution in [2.24, 2.45) is 5.73 Å². The van der Waals surface area contributed by atoms with Gasteiger partial charge >= 0.3 is 0 Å². The molecule has 114 valence electrons. The predicted molar refractivity (Wildman–Crippen MR) is 74.9 cm³/mol. The van der Waals surface area contributed by atoms with Gasteiger partial charge in [-0.25, -0.2) is 0 Å². The lowest BCUT2D eigenvalue weighted by atomic mass is 10.1. The summed E-state index contributed by atoms with van der Waals surface area (Å²) in [7, 11) is 0. The molecule has 0 saturated carbocycles. The monoisotopic (exact) mass is 316 g/mol. The van der Waals surface area contributed by atoms with Gasteiger partial charge in [0.2, 0.25) is 5.91 Å². The molecule has 0 aliphatic carbocycles. The number of benzene rings is 1. The van der Waals surface area contributed by atoms with Crippen molar-refractivity contribution in [3.8, 4) is 0 Å². The number of nitrogens with zero attached hydrogens (tertiary/aromatic N) is 1. The van der Waals surface area contributed by atoms with Crippen molar-refractivity contribution < 1.29 is 19.2 Å². The number of nitrogens with two attached hydrogens (primary N) is 2. The highest BCUT2D eigenvalue weighted by atomic mass is 35.5. The number of nitro benzene ring substituents is 1. The highest BCUT2D eigenvalue weighted by Crippen LogP contribution is 2.28. The molecule has 0 radical (unpaired) electrons. The van der Waals surface area contributed by atoms with Gasteiger partial charge in [0.05, 0.1) is 27.8 Å². The Morgan fingerprint density at radius 3 is 2.67 bits per heavy atom. The molecule has 5 N–H and O–H groups in total. The van der Waals surface area contributed by atoms with Crippen LogP contribution < -0.4 is 16.8 Å². The Bertz CT molecular complexity index is 578. The van der Waals surface area contributed by atoms with Crippen molar-refractivity contribution in [3.05, 3.63) is 32.8 Å². The molecule has 10 heteroatoms. The molecule has 0 aromatic heterocycles. The van der Waals surface area contributed by atoms with Crippen LogP contribution in [-0.4, -0.2) is 36.5 Å². The van der Waals surface area contributed by atoms with E-state index in [0.29, 0.717) is 0 Å². The van der Waals surface area contributed by atoms with E-state index in [4.69, 9.17) is 27.8 Å². The number of nitro groups is 1. The summed E-state index contributed by atoms with van der Waals surface area (Å²) in [6.45, 7) is -0.135. The molecule has 0 fully saturated rings. The molecule has 0 atom stereocenters. The average molecular weight is 317 g/mol. The zero-order valence-electron chi connectivity index (χ0n) is 10.8. The normalized spacial score (nSPS) is 10.1. The molecule has 0 bridgehead atoms. The van der Waals surface area contributed by atoms with Crippen LogP contribution in [0.25, 0.3) is 0 Å². The van der Waals surface area contributed by atoms with E-state index in [0.717, 1.165) is 12.1 Å². The van der Waals surface area contributed by atoms with Crippen molar-refractivity contribution in [2.75, 3.05) is 25.5 Å². The summed E-state index contributed by atoms with van der Waals surface area (Å²) in [4.78, 5) is 32.3. The number of nitrogens with one attached hydrogen (secondary N) is 1. The molecule has 2 amide bonds. The zero-order valence-corrected chi connectivity index (χ0v) is 11.6. The van der Waals surface area contributed by atoms with Gasteiger partial charge in [0, 0.05) is 18.7 Å². The largest absolute Gasteiger partial charge is 0.397 e. The number of halogens is 1. The molecule has 9 nitrogen and oxygen atoms in total. The average Bonchev–Trinajstić information content (AvgIpc) is 2.40. The third-order valence-electron chi connectivity index (χ3n) is 2.35. The first-order chi connectivity index (χ1) is 9.82. The van der Waals surface area contributed by atoms with Crippen LogP contribution in [0, 0.1) is 10.1 Å². The molecular weight excluding hydrogens is 304 g/mol. The molecule has 0 saturated heterocycles. The summed E-state index contributed by atoms with van der Waals surface area (Å²) in [6, 6.07) is 2.09. The summed E-state index contributed by atoms with van der Waals surface area (Å²) in [5, 5.41) is 13.1. The van der Waals surface area contributed by atoms with Gasteiger partial charge in [0.1, 0.15) is 6.61 Å². The maximum Gasteiger partial charge on any atom is 0.271 e. The van der Waals surface area contributed by atoms with Gasteiger partial charge in [-0.3, -0.25) is 19.7 Å². The number of carbonyl (C=O) groups excluding carboxylic acids is 2. The summed E-state index contributed by atoms with van der Waals surface area (Å²) >= 11 is 5.74. The first-order valence-corrected chi connectivity index (χ1v) is 6.08. The van der Waals surface area contributed by atoms with Crippen molar-refractivity contribution in [1.82, 2.24) is 5.32 Å². The minimum absolute atomic E-state index is 0.0528. The number of rotatable bonds is 7. The van der Waals surface area contributed by atoms with E-state index in [-0.39, 0.29) is 41.7 Å². The number of non-ortho nitro benzene ring substituents is 1. The Labute approximate surface area is 124 Å². The molecule has 1 rings (SSSR count). The van der Waals surface area contributed by atoms with E-state index >= 15 is 0 Å². The van der Waals surface area contributed by atoms with Crippen LogP contribution in [0.1, 0.15) is 10.4 Å². The molecule has 1 aromatic carbocycles. The van der Waals surface area contributed by atoms with Gasteiger partial charge in [-0.05, 0) is 0 Å². The third kappa shape index (κ3) is 4.89. The molecule has 0 aliphatic heterocycles. The molecular formula is C11H13ClN4O5. The van der Waals surface area contributed by atoms with Gasteiger partial charge in [0.25, 0.3) is 11.6 Å². The smallest absolute Gasteiger partial charge is 0.271 e. The van der Waals surface area contributed by atoms with E-state index in [1.165, 1.54) is 0 Å². The Morgan fingerprint density at radius 1 is 1.43 bits per heavy atom. The van der Waals surface area contributed by atoms with Gasteiger partial charge in [-0.2, -0.15) is 0 Å². The second-order valence-electron chi connectivity index (χ2n) is 3.92. The zero-order chi connectivity index (χ0) is 16.0. The van der Waals surface area contributed by atoms with Gasteiger partial charge < -0.3 is 21.5 Å². The fourth-order valence-electron chi connectivity index (χ4n) is 1.40. The van der Waals surface area contributed by atoms with Crippen molar-refractivity contribution in [2.45, 2.75) is 0 Å². The number of hydrogen-bond donors (Lipinski definition) is 3. The fourth-order valence-corrected chi connectivity index (χ4v) is 1.62. The highest BCUT2D eigenvalue weighted by molar-refractivity contribution is 6.34. The standard InChI is InChI=1S/C11H13ClN4O5/c12-8-4-6(16(19)20)3-7(10(8)14)11(18)15-1-2-21-5-9(13)17/h3-4H,1-2,5,14H2,(H2,13,17)(H,15,18). The molecule has 0 aliphatic rings. The van der Waals surface area contributed by atoms with Crippen LogP contribution >= 0.6 is 11.6 Å². The van der Waals surface area contributed by atoms with Crippen LogP contribution in [0.4, 0.5) is 11.4 Å². The number of carbonyl (C=O) groups is 2. The SMILES string of the molecule is NC(=O)COCCNC(=O)c1cc([N+](=O)[O-])cc(Cl)c1N. The van der Waals surface area contributed by atoms with E-state index in [9.17, 15) is 19.7 Å².